The van der Waals surface area contributed by atoms with Crippen LogP contribution in [0.3, 0.4) is 0 Å². The number of benzene rings is 2. The maximum Gasteiger partial charge on any atom is 0.0429 e. The van der Waals surface area contributed by atoms with Gasteiger partial charge in [-0.15, -0.1) is 0 Å². The minimum Gasteiger partial charge on any atom is -0.370 e. The molecule has 2 rings (SSSR count). The first-order valence-corrected chi connectivity index (χ1v) is 6.70. The number of nitrogens with one attached hydrogen (secondary N) is 1. The Labute approximate surface area is 116 Å². The topological polar surface area (TPSA) is 15.3 Å². The predicted octanol–water partition coefficient (Wildman–Crippen LogP) is 3.35. The highest BCUT2D eigenvalue weighted by atomic mass is 15.1. The molecule has 0 aliphatic rings. The summed E-state index contributed by atoms with van der Waals surface area (Å²) in [6.45, 7) is 3.98. The van der Waals surface area contributed by atoms with Gasteiger partial charge < -0.3 is 10.2 Å². The Morgan fingerprint density at radius 2 is 1.74 bits per heavy atom. The molecule has 0 spiro atoms. The Hall–Kier alpha value is -1.80. The van der Waals surface area contributed by atoms with Crippen LogP contribution in [0.5, 0.6) is 0 Å². The van der Waals surface area contributed by atoms with Gasteiger partial charge in [0.2, 0.25) is 0 Å². The van der Waals surface area contributed by atoms with E-state index in [4.69, 9.17) is 0 Å². The summed E-state index contributed by atoms with van der Waals surface area (Å²) in [5, 5.41) is 3.23. The SMILES string of the molecule is CNCc1ccccc1CN(C)c1cccc(C)c1. The molecule has 0 aliphatic carbocycles. The van der Waals surface area contributed by atoms with Crippen LogP contribution in [0.4, 0.5) is 5.69 Å². The molecular formula is C17H22N2. The second-order valence-electron chi connectivity index (χ2n) is 4.99. The van der Waals surface area contributed by atoms with Gasteiger partial charge in [-0.3, -0.25) is 0 Å². The molecule has 0 heterocycles. The van der Waals surface area contributed by atoms with Gasteiger partial charge in [0.1, 0.15) is 0 Å². The van der Waals surface area contributed by atoms with E-state index in [2.05, 4.69) is 72.7 Å². The summed E-state index contributed by atoms with van der Waals surface area (Å²) in [5.74, 6) is 0. The molecule has 2 aromatic carbocycles. The molecule has 0 radical (unpaired) electrons. The van der Waals surface area contributed by atoms with Crippen molar-refractivity contribution in [3.63, 3.8) is 0 Å². The van der Waals surface area contributed by atoms with Crippen molar-refractivity contribution in [3.05, 3.63) is 65.2 Å². The second kappa shape index (κ2) is 6.39. The lowest BCUT2D eigenvalue weighted by Crippen LogP contribution is -2.18. The maximum absolute atomic E-state index is 3.23. The number of rotatable bonds is 5. The third kappa shape index (κ3) is 3.58. The van der Waals surface area contributed by atoms with E-state index in [-0.39, 0.29) is 0 Å². The first-order valence-electron chi connectivity index (χ1n) is 6.70. The molecule has 0 bridgehead atoms. The molecule has 0 atom stereocenters. The average Bonchev–Trinajstić information content (AvgIpc) is 2.41. The standard InChI is InChI=1S/C17H22N2/c1-14-7-6-10-17(11-14)19(3)13-16-9-5-4-8-15(16)12-18-2/h4-11,18H,12-13H2,1-3H3. The summed E-state index contributed by atoms with van der Waals surface area (Å²) < 4.78 is 0. The van der Waals surface area contributed by atoms with Crippen LogP contribution in [0, 0.1) is 6.92 Å². The summed E-state index contributed by atoms with van der Waals surface area (Å²) in [7, 11) is 4.13. The molecule has 2 nitrogen and oxygen atoms in total. The van der Waals surface area contributed by atoms with Gasteiger partial charge in [-0.1, -0.05) is 36.4 Å². The highest BCUT2D eigenvalue weighted by Crippen LogP contribution is 2.18. The minimum atomic E-state index is 0.915. The number of anilines is 1. The molecule has 0 aromatic heterocycles. The summed E-state index contributed by atoms with van der Waals surface area (Å²) in [5.41, 5.74) is 5.30. The molecule has 2 heteroatoms. The lowest BCUT2D eigenvalue weighted by Gasteiger charge is -2.21. The number of hydrogen-bond acceptors (Lipinski definition) is 2. The molecule has 0 amide bonds. The molecule has 0 aliphatic heterocycles. The van der Waals surface area contributed by atoms with Crippen LogP contribution in [0.15, 0.2) is 48.5 Å². The van der Waals surface area contributed by atoms with Crippen molar-refractivity contribution in [1.82, 2.24) is 5.32 Å². The van der Waals surface area contributed by atoms with Crippen LogP contribution in [-0.2, 0) is 13.1 Å². The zero-order valence-corrected chi connectivity index (χ0v) is 12.0. The van der Waals surface area contributed by atoms with E-state index in [9.17, 15) is 0 Å². The summed E-state index contributed by atoms with van der Waals surface area (Å²) in [6.07, 6.45) is 0. The Balaban J connectivity index is 2.16. The second-order valence-corrected chi connectivity index (χ2v) is 4.99. The van der Waals surface area contributed by atoms with Crippen molar-refractivity contribution in [2.45, 2.75) is 20.0 Å². The lowest BCUT2D eigenvalue weighted by atomic mass is 10.1. The van der Waals surface area contributed by atoms with Crippen LogP contribution in [-0.4, -0.2) is 14.1 Å². The largest absolute Gasteiger partial charge is 0.370 e. The highest BCUT2D eigenvalue weighted by Gasteiger charge is 2.05. The highest BCUT2D eigenvalue weighted by molar-refractivity contribution is 5.48. The van der Waals surface area contributed by atoms with Crippen molar-refractivity contribution >= 4 is 5.69 Å². The van der Waals surface area contributed by atoms with Gasteiger partial charge in [-0.05, 0) is 42.8 Å². The van der Waals surface area contributed by atoms with E-state index in [0.29, 0.717) is 0 Å². The minimum absolute atomic E-state index is 0.915. The Kier molecular flexibility index (Phi) is 4.58. The fraction of sp³-hybridized carbons (Fsp3) is 0.294. The zero-order chi connectivity index (χ0) is 13.7. The van der Waals surface area contributed by atoms with Gasteiger partial charge in [-0.2, -0.15) is 0 Å². The molecule has 2 aromatic rings. The van der Waals surface area contributed by atoms with E-state index >= 15 is 0 Å². The summed E-state index contributed by atoms with van der Waals surface area (Å²) >= 11 is 0. The molecule has 1 N–H and O–H groups in total. The predicted molar refractivity (Wildman–Crippen MR) is 82.5 cm³/mol. The smallest absolute Gasteiger partial charge is 0.0429 e. The number of aryl methyl sites for hydroxylation is 1. The Morgan fingerprint density at radius 3 is 2.42 bits per heavy atom. The molecule has 0 fully saturated rings. The van der Waals surface area contributed by atoms with Gasteiger partial charge in [0.15, 0.2) is 0 Å². The Bertz CT molecular complexity index is 534. The first kappa shape index (κ1) is 13.6. The van der Waals surface area contributed by atoms with Crippen molar-refractivity contribution in [1.29, 1.82) is 0 Å². The summed E-state index contributed by atoms with van der Waals surface area (Å²) in [6, 6.07) is 17.2. The third-order valence-corrected chi connectivity index (χ3v) is 3.34. The van der Waals surface area contributed by atoms with Crippen molar-refractivity contribution in [2.75, 3.05) is 19.0 Å². The fourth-order valence-electron chi connectivity index (χ4n) is 2.29. The van der Waals surface area contributed by atoms with E-state index < -0.39 is 0 Å². The third-order valence-electron chi connectivity index (χ3n) is 3.34. The van der Waals surface area contributed by atoms with Crippen LogP contribution in [0.25, 0.3) is 0 Å². The van der Waals surface area contributed by atoms with E-state index in [1.807, 2.05) is 7.05 Å². The fourth-order valence-corrected chi connectivity index (χ4v) is 2.29. The van der Waals surface area contributed by atoms with Crippen molar-refractivity contribution in [3.8, 4) is 0 Å². The van der Waals surface area contributed by atoms with Gasteiger partial charge >= 0.3 is 0 Å². The lowest BCUT2D eigenvalue weighted by molar-refractivity contribution is 0.795. The van der Waals surface area contributed by atoms with Gasteiger partial charge in [0.25, 0.3) is 0 Å². The molecular weight excluding hydrogens is 232 g/mol. The quantitative estimate of drug-likeness (QED) is 0.880. The van der Waals surface area contributed by atoms with Gasteiger partial charge in [0, 0.05) is 25.8 Å². The Morgan fingerprint density at radius 1 is 1.00 bits per heavy atom. The molecule has 0 saturated carbocycles. The van der Waals surface area contributed by atoms with E-state index in [1.165, 1.54) is 22.4 Å². The first-order chi connectivity index (χ1) is 9.20. The maximum atomic E-state index is 3.23. The van der Waals surface area contributed by atoms with Gasteiger partial charge in [-0.25, -0.2) is 0 Å². The number of nitrogens with zero attached hydrogens (tertiary/aromatic N) is 1. The van der Waals surface area contributed by atoms with Crippen molar-refractivity contribution in [2.24, 2.45) is 0 Å². The van der Waals surface area contributed by atoms with E-state index in [1.54, 1.807) is 0 Å². The normalized spacial score (nSPS) is 10.5. The van der Waals surface area contributed by atoms with Crippen LogP contribution in [0.1, 0.15) is 16.7 Å². The molecule has 100 valence electrons. The van der Waals surface area contributed by atoms with Crippen molar-refractivity contribution < 1.29 is 0 Å². The van der Waals surface area contributed by atoms with Gasteiger partial charge in [0.05, 0.1) is 0 Å². The molecule has 19 heavy (non-hydrogen) atoms. The monoisotopic (exact) mass is 254 g/mol. The summed E-state index contributed by atoms with van der Waals surface area (Å²) in [4.78, 5) is 2.29. The number of hydrogen-bond donors (Lipinski definition) is 1. The molecule has 0 unspecified atom stereocenters. The van der Waals surface area contributed by atoms with E-state index in [0.717, 1.165) is 13.1 Å². The molecule has 0 saturated heterocycles. The average molecular weight is 254 g/mol. The van der Waals surface area contributed by atoms with Crippen LogP contribution in [0.2, 0.25) is 0 Å². The zero-order valence-electron chi connectivity index (χ0n) is 12.0. The van der Waals surface area contributed by atoms with Crippen LogP contribution < -0.4 is 10.2 Å². The van der Waals surface area contributed by atoms with Crippen LogP contribution >= 0.6 is 0 Å².